The van der Waals surface area contributed by atoms with E-state index in [0.29, 0.717) is 10.8 Å². The number of aryl methyl sites for hydroxylation is 1. The summed E-state index contributed by atoms with van der Waals surface area (Å²) < 4.78 is 5.99. The second kappa shape index (κ2) is 6.09. The van der Waals surface area contributed by atoms with E-state index in [0.717, 1.165) is 11.1 Å². The maximum atomic E-state index is 6.20. The van der Waals surface area contributed by atoms with E-state index in [9.17, 15) is 0 Å². The Morgan fingerprint density at radius 1 is 1.11 bits per heavy atom. The minimum Gasteiger partial charge on any atom is -0.483 e. The smallest absolute Gasteiger partial charge is 0.139 e. The molecule has 0 spiro atoms. The molecular weight excluding hydrogens is 258 g/mol. The van der Waals surface area contributed by atoms with Crippen LogP contribution in [0.1, 0.15) is 24.2 Å². The maximum Gasteiger partial charge on any atom is 0.139 e. The molecule has 100 valence electrons. The van der Waals surface area contributed by atoms with Crippen molar-refractivity contribution >= 4 is 11.6 Å². The molecule has 2 aromatic rings. The summed E-state index contributed by atoms with van der Waals surface area (Å²) in [5.74, 6) is 0.665. The normalized spacial score (nSPS) is 13.9. The molecule has 2 nitrogen and oxygen atoms in total. The van der Waals surface area contributed by atoms with Crippen molar-refractivity contribution in [1.82, 2.24) is 0 Å². The molecular formula is C16H18ClNO. The Kier molecular flexibility index (Phi) is 4.46. The summed E-state index contributed by atoms with van der Waals surface area (Å²) in [6.07, 6.45) is -0.207. The monoisotopic (exact) mass is 275 g/mol. The topological polar surface area (TPSA) is 35.2 Å². The van der Waals surface area contributed by atoms with Crippen LogP contribution in [0.5, 0.6) is 5.75 Å². The van der Waals surface area contributed by atoms with Crippen molar-refractivity contribution in [2.24, 2.45) is 5.73 Å². The lowest BCUT2D eigenvalue weighted by atomic mass is 10.0. The minimum absolute atomic E-state index is 0.125. The zero-order valence-electron chi connectivity index (χ0n) is 11.1. The average Bonchev–Trinajstić information content (AvgIpc) is 2.38. The van der Waals surface area contributed by atoms with Gasteiger partial charge in [0.15, 0.2) is 0 Å². The molecule has 2 atom stereocenters. The molecule has 2 N–H and O–H groups in total. The summed E-state index contributed by atoms with van der Waals surface area (Å²) in [5, 5.41) is 0.613. The van der Waals surface area contributed by atoms with Crippen LogP contribution in [0.4, 0.5) is 0 Å². The highest BCUT2D eigenvalue weighted by Gasteiger charge is 2.19. The molecule has 2 aromatic carbocycles. The van der Waals surface area contributed by atoms with Gasteiger partial charge in [-0.1, -0.05) is 48.0 Å². The molecule has 2 rings (SSSR count). The predicted molar refractivity (Wildman–Crippen MR) is 79.6 cm³/mol. The summed E-state index contributed by atoms with van der Waals surface area (Å²) in [6.45, 7) is 3.93. The second-order valence-electron chi connectivity index (χ2n) is 4.74. The zero-order valence-corrected chi connectivity index (χ0v) is 11.9. The summed E-state index contributed by atoms with van der Waals surface area (Å²) in [5.41, 5.74) is 8.18. The van der Waals surface area contributed by atoms with Crippen molar-refractivity contribution in [2.75, 3.05) is 0 Å². The summed E-state index contributed by atoms with van der Waals surface area (Å²) in [6, 6.07) is 15.6. The van der Waals surface area contributed by atoms with Gasteiger partial charge in [0.1, 0.15) is 11.9 Å². The van der Waals surface area contributed by atoms with Crippen molar-refractivity contribution in [3.8, 4) is 5.75 Å². The third-order valence-corrected chi connectivity index (χ3v) is 3.24. The van der Waals surface area contributed by atoms with Gasteiger partial charge in [-0.2, -0.15) is 0 Å². The number of hydrogen-bond acceptors (Lipinski definition) is 2. The van der Waals surface area contributed by atoms with Gasteiger partial charge in [0, 0.05) is 6.04 Å². The second-order valence-corrected chi connectivity index (χ2v) is 5.15. The number of benzene rings is 2. The van der Waals surface area contributed by atoms with E-state index in [-0.39, 0.29) is 12.1 Å². The number of ether oxygens (including phenoxy) is 1. The lowest BCUT2D eigenvalue weighted by Crippen LogP contribution is -2.29. The molecule has 2 unspecified atom stereocenters. The standard InChI is InChI=1S/C16H18ClNO/c1-11-8-9-15(14(17)10-11)19-16(12(2)18)13-6-4-3-5-7-13/h3-10,12,16H,18H2,1-2H3. The number of nitrogens with two attached hydrogens (primary N) is 1. The van der Waals surface area contributed by atoms with Crippen LogP contribution < -0.4 is 10.5 Å². The van der Waals surface area contributed by atoms with Crippen LogP contribution >= 0.6 is 11.6 Å². The van der Waals surface area contributed by atoms with E-state index < -0.39 is 0 Å². The average molecular weight is 276 g/mol. The van der Waals surface area contributed by atoms with Crippen LogP contribution in [0.2, 0.25) is 5.02 Å². The summed E-state index contributed by atoms with van der Waals surface area (Å²) in [4.78, 5) is 0. The molecule has 0 aliphatic heterocycles. The first-order valence-corrected chi connectivity index (χ1v) is 6.69. The molecule has 0 bridgehead atoms. The van der Waals surface area contributed by atoms with Gasteiger partial charge in [-0.05, 0) is 37.1 Å². The van der Waals surface area contributed by atoms with Crippen LogP contribution in [0.3, 0.4) is 0 Å². The van der Waals surface area contributed by atoms with Crippen LogP contribution in [-0.4, -0.2) is 6.04 Å². The van der Waals surface area contributed by atoms with Crippen molar-refractivity contribution in [2.45, 2.75) is 26.0 Å². The van der Waals surface area contributed by atoms with E-state index in [1.807, 2.05) is 62.4 Å². The van der Waals surface area contributed by atoms with Crippen LogP contribution in [-0.2, 0) is 0 Å². The molecule has 0 radical (unpaired) electrons. The van der Waals surface area contributed by atoms with Gasteiger partial charge in [-0.3, -0.25) is 0 Å². The van der Waals surface area contributed by atoms with Crippen molar-refractivity contribution < 1.29 is 4.74 Å². The fourth-order valence-electron chi connectivity index (χ4n) is 1.96. The van der Waals surface area contributed by atoms with Gasteiger partial charge in [0.25, 0.3) is 0 Å². The minimum atomic E-state index is -0.207. The Bertz CT molecular complexity index is 540. The third-order valence-electron chi connectivity index (χ3n) is 2.95. The molecule has 0 aliphatic rings. The quantitative estimate of drug-likeness (QED) is 0.911. The molecule has 0 heterocycles. The molecule has 19 heavy (non-hydrogen) atoms. The first kappa shape index (κ1) is 13.9. The van der Waals surface area contributed by atoms with E-state index in [1.54, 1.807) is 0 Å². The fourth-order valence-corrected chi connectivity index (χ4v) is 2.24. The zero-order chi connectivity index (χ0) is 13.8. The number of hydrogen-bond donors (Lipinski definition) is 1. The van der Waals surface area contributed by atoms with Gasteiger partial charge in [-0.15, -0.1) is 0 Å². The lowest BCUT2D eigenvalue weighted by Gasteiger charge is -2.23. The largest absolute Gasteiger partial charge is 0.483 e. The van der Waals surface area contributed by atoms with E-state index in [1.165, 1.54) is 0 Å². The van der Waals surface area contributed by atoms with Gasteiger partial charge in [0.2, 0.25) is 0 Å². The molecule has 0 aliphatic carbocycles. The third kappa shape index (κ3) is 3.49. The van der Waals surface area contributed by atoms with Crippen molar-refractivity contribution in [1.29, 1.82) is 0 Å². The highest BCUT2D eigenvalue weighted by atomic mass is 35.5. The Labute approximate surface area is 119 Å². The molecule has 0 saturated carbocycles. The SMILES string of the molecule is Cc1ccc(OC(c2ccccc2)C(C)N)c(Cl)c1. The molecule has 0 fully saturated rings. The summed E-state index contributed by atoms with van der Waals surface area (Å²) in [7, 11) is 0. The van der Waals surface area contributed by atoms with Gasteiger partial charge >= 0.3 is 0 Å². The first-order chi connectivity index (χ1) is 9.08. The Hall–Kier alpha value is -1.51. The highest BCUT2D eigenvalue weighted by molar-refractivity contribution is 6.32. The van der Waals surface area contributed by atoms with Crippen molar-refractivity contribution in [3.63, 3.8) is 0 Å². The number of rotatable bonds is 4. The lowest BCUT2D eigenvalue weighted by molar-refractivity contribution is 0.180. The van der Waals surface area contributed by atoms with Gasteiger partial charge < -0.3 is 10.5 Å². The molecule has 0 aromatic heterocycles. The predicted octanol–water partition coefficient (Wildman–Crippen LogP) is 4.12. The Balaban J connectivity index is 2.27. The fraction of sp³-hybridized carbons (Fsp3) is 0.250. The highest BCUT2D eigenvalue weighted by Crippen LogP contribution is 2.30. The summed E-state index contributed by atoms with van der Waals surface area (Å²) >= 11 is 6.20. The first-order valence-electron chi connectivity index (χ1n) is 6.31. The number of halogens is 1. The van der Waals surface area contributed by atoms with Gasteiger partial charge in [-0.25, -0.2) is 0 Å². The molecule has 0 amide bonds. The van der Waals surface area contributed by atoms with Gasteiger partial charge in [0.05, 0.1) is 5.02 Å². The van der Waals surface area contributed by atoms with Crippen LogP contribution in [0.25, 0.3) is 0 Å². The van der Waals surface area contributed by atoms with Crippen LogP contribution in [0.15, 0.2) is 48.5 Å². The molecule has 3 heteroatoms. The maximum absolute atomic E-state index is 6.20. The van der Waals surface area contributed by atoms with E-state index in [4.69, 9.17) is 22.1 Å². The van der Waals surface area contributed by atoms with E-state index in [2.05, 4.69) is 0 Å². The Morgan fingerprint density at radius 2 is 1.79 bits per heavy atom. The van der Waals surface area contributed by atoms with E-state index >= 15 is 0 Å². The Morgan fingerprint density at radius 3 is 2.37 bits per heavy atom. The van der Waals surface area contributed by atoms with Crippen molar-refractivity contribution in [3.05, 3.63) is 64.7 Å². The molecule has 0 saturated heterocycles. The van der Waals surface area contributed by atoms with Crippen LogP contribution in [0, 0.1) is 6.92 Å².